The number of aromatic nitrogens is 1. The molecule has 9 heteroatoms. The molecule has 2 aromatic carbocycles. The molecule has 3 aromatic rings. The van der Waals surface area contributed by atoms with Crippen molar-refractivity contribution in [1.82, 2.24) is 15.2 Å². The second-order valence-electron chi connectivity index (χ2n) is 7.22. The lowest BCUT2D eigenvalue weighted by molar-refractivity contribution is 0.0954. The van der Waals surface area contributed by atoms with Crippen molar-refractivity contribution in [2.75, 3.05) is 11.4 Å². The predicted molar refractivity (Wildman–Crippen MR) is 115 cm³/mol. The molecule has 4 rings (SSSR count). The fraction of sp³-hybridized carbons (Fsp3) is 0.227. The average molecular weight is 441 g/mol. The highest BCUT2D eigenvalue weighted by Gasteiger charge is 2.39. The lowest BCUT2D eigenvalue weighted by Crippen LogP contribution is -2.34. The lowest BCUT2D eigenvalue weighted by atomic mass is 10.2. The molecule has 1 aliphatic rings. The number of benzene rings is 2. The van der Waals surface area contributed by atoms with Crippen molar-refractivity contribution in [3.8, 4) is 0 Å². The molecule has 0 saturated carbocycles. The van der Waals surface area contributed by atoms with E-state index in [2.05, 4.69) is 10.3 Å². The number of nitrogens with zero attached hydrogens (tertiary/aromatic N) is 3. The number of thiazole rings is 1. The standard InChI is InChI=1S/C22H21FN4O3S/c1-14-19(20(29)24-11-15-5-3-2-4-6-15)31-21(25-14)27-18(28)13-26(22(27)30)12-16-7-9-17(23)10-8-16/h2-10,18,28H,11-13H2,1H3,(H,24,29). The number of nitrogens with one attached hydrogen (secondary N) is 1. The van der Waals surface area contributed by atoms with Gasteiger partial charge in [0.05, 0.1) is 12.2 Å². The van der Waals surface area contributed by atoms with E-state index in [9.17, 15) is 19.1 Å². The van der Waals surface area contributed by atoms with Gasteiger partial charge in [0.25, 0.3) is 5.91 Å². The molecule has 3 amide bonds. The SMILES string of the molecule is Cc1nc(N2C(=O)N(Cc3ccc(F)cc3)CC2O)sc1C(=O)NCc1ccccc1. The number of carbonyl (C=O) groups excluding carboxylic acids is 2. The smallest absolute Gasteiger partial charge is 0.328 e. The summed E-state index contributed by atoms with van der Waals surface area (Å²) in [6.07, 6.45) is -1.08. The van der Waals surface area contributed by atoms with E-state index in [0.717, 1.165) is 22.5 Å². The highest BCUT2D eigenvalue weighted by atomic mass is 32.1. The fourth-order valence-corrected chi connectivity index (χ4v) is 4.36. The summed E-state index contributed by atoms with van der Waals surface area (Å²) in [5.41, 5.74) is 2.21. The highest BCUT2D eigenvalue weighted by Crippen LogP contribution is 2.31. The van der Waals surface area contributed by atoms with Crippen LogP contribution in [0.3, 0.4) is 0 Å². The molecule has 160 valence electrons. The largest absolute Gasteiger partial charge is 0.371 e. The number of carbonyl (C=O) groups is 2. The number of anilines is 1. The fourth-order valence-electron chi connectivity index (χ4n) is 3.34. The first-order valence-corrected chi connectivity index (χ1v) is 10.5. The molecule has 0 spiro atoms. The molecule has 0 aliphatic carbocycles. The Labute approximate surface area is 182 Å². The number of halogens is 1. The van der Waals surface area contributed by atoms with E-state index in [4.69, 9.17) is 0 Å². The quantitative estimate of drug-likeness (QED) is 0.616. The van der Waals surface area contributed by atoms with E-state index in [1.807, 2.05) is 30.3 Å². The van der Waals surface area contributed by atoms with Crippen LogP contribution in [-0.4, -0.2) is 39.7 Å². The second-order valence-corrected chi connectivity index (χ2v) is 8.20. The highest BCUT2D eigenvalue weighted by molar-refractivity contribution is 7.17. The first kappa shape index (κ1) is 21.0. The summed E-state index contributed by atoms with van der Waals surface area (Å²) in [7, 11) is 0. The van der Waals surface area contributed by atoms with Crippen molar-refractivity contribution in [2.24, 2.45) is 0 Å². The van der Waals surface area contributed by atoms with E-state index in [1.54, 1.807) is 19.1 Å². The summed E-state index contributed by atoms with van der Waals surface area (Å²) in [4.78, 5) is 32.9. The molecule has 0 bridgehead atoms. The maximum absolute atomic E-state index is 13.1. The van der Waals surface area contributed by atoms with Crippen LogP contribution in [0, 0.1) is 12.7 Å². The van der Waals surface area contributed by atoms with Crippen LogP contribution in [0.2, 0.25) is 0 Å². The zero-order valence-corrected chi connectivity index (χ0v) is 17.6. The van der Waals surface area contributed by atoms with Crippen LogP contribution in [0.5, 0.6) is 0 Å². The third-order valence-corrected chi connectivity index (χ3v) is 6.09. The molecule has 1 saturated heterocycles. The molecular formula is C22H21FN4O3S. The number of amides is 3. The first-order valence-electron chi connectivity index (χ1n) is 9.72. The third-order valence-electron chi connectivity index (χ3n) is 4.94. The first-order chi connectivity index (χ1) is 14.9. The Bertz CT molecular complexity index is 1090. The van der Waals surface area contributed by atoms with Crippen molar-refractivity contribution in [3.05, 3.63) is 82.1 Å². The van der Waals surface area contributed by atoms with Gasteiger partial charge in [0.1, 0.15) is 10.7 Å². The Balaban J connectivity index is 1.46. The topological polar surface area (TPSA) is 85.8 Å². The molecule has 0 radical (unpaired) electrons. The van der Waals surface area contributed by atoms with Gasteiger partial charge < -0.3 is 15.3 Å². The summed E-state index contributed by atoms with van der Waals surface area (Å²) in [5, 5.41) is 13.6. The van der Waals surface area contributed by atoms with Crippen molar-refractivity contribution in [3.63, 3.8) is 0 Å². The summed E-state index contributed by atoms with van der Waals surface area (Å²) < 4.78 is 13.1. The number of aryl methyl sites for hydroxylation is 1. The number of rotatable bonds is 6. The Morgan fingerprint density at radius 1 is 1.19 bits per heavy atom. The van der Waals surface area contributed by atoms with E-state index in [-0.39, 0.29) is 29.9 Å². The van der Waals surface area contributed by atoms with Gasteiger partial charge in [-0.25, -0.2) is 19.1 Å². The van der Waals surface area contributed by atoms with Crippen LogP contribution < -0.4 is 10.2 Å². The molecule has 7 nitrogen and oxygen atoms in total. The van der Waals surface area contributed by atoms with Crippen molar-refractivity contribution in [2.45, 2.75) is 26.2 Å². The van der Waals surface area contributed by atoms with Crippen LogP contribution in [0.4, 0.5) is 14.3 Å². The van der Waals surface area contributed by atoms with E-state index in [0.29, 0.717) is 17.1 Å². The summed E-state index contributed by atoms with van der Waals surface area (Å²) in [6.45, 7) is 2.40. The second kappa shape index (κ2) is 8.83. The normalized spacial score (nSPS) is 16.1. The number of urea groups is 1. The van der Waals surface area contributed by atoms with Crippen LogP contribution in [0.15, 0.2) is 54.6 Å². The van der Waals surface area contributed by atoms with E-state index < -0.39 is 12.3 Å². The predicted octanol–water partition coefficient (Wildman–Crippen LogP) is 3.28. The molecule has 2 heterocycles. The third kappa shape index (κ3) is 4.57. The van der Waals surface area contributed by atoms with Gasteiger partial charge in [-0.3, -0.25) is 4.79 Å². The Hall–Kier alpha value is -3.30. The van der Waals surface area contributed by atoms with Crippen molar-refractivity contribution >= 4 is 28.4 Å². The molecule has 31 heavy (non-hydrogen) atoms. The summed E-state index contributed by atoms with van der Waals surface area (Å²) in [5.74, 6) is -0.635. The van der Waals surface area contributed by atoms with Crippen LogP contribution in [-0.2, 0) is 13.1 Å². The van der Waals surface area contributed by atoms with Gasteiger partial charge >= 0.3 is 6.03 Å². The van der Waals surface area contributed by atoms with Gasteiger partial charge in [0.2, 0.25) is 0 Å². The molecule has 1 unspecified atom stereocenters. The number of hydrogen-bond donors (Lipinski definition) is 2. The van der Waals surface area contributed by atoms with E-state index in [1.165, 1.54) is 21.9 Å². The van der Waals surface area contributed by atoms with Gasteiger partial charge in [-0.05, 0) is 30.2 Å². The summed E-state index contributed by atoms with van der Waals surface area (Å²) >= 11 is 1.06. The van der Waals surface area contributed by atoms with Gasteiger partial charge in [0, 0.05) is 13.1 Å². The average Bonchev–Trinajstić information content (AvgIpc) is 3.27. The zero-order valence-electron chi connectivity index (χ0n) is 16.8. The van der Waals surface area contributed by atoms with Gasteiger partial charge in [-0.1, -0.05) is 53.8 Å². The number of aliphatic hydroxyl groups excluding tert-OH is 1. The molecule has 2 N–H and O–H groups in total. The van der Waals surface area contributed by atoms with E-state index >= 15 is 0 Å². The molecule has 1 atom stereocenters. The molecule has 1 aliphatic heterocycles. The molecule has 1 fully saturated rings. The van der Waals surface area contributed by atoms with Gasteiger partial charge in [-0.2, -0.15) is 0 Å². The minimum atomic E-state index is -1.08. The monoisotopic (exact) mass is 440 g/mol. The van der Waals surface area contributed by atoms with Crippen LogP contribution >= 0.6 is 11.3 Å². The number of aliphatic hydroxyl groups is 1. The zero-order chi connectivity index (χ0) is 22.0. The summed E-state index contributed by atoms with van der Waals surface area (Å²) in [6, 6.07) is 15.0. The minimum Gasteiger partial charge on any atom is -0.371 e. The Morgan fingerprint density at radius 3 is 2.61 bits per heavy atom. The number of β-amino-alcohol motifs (C(OH)–C–C–N with tert-alkyl or cyclic N) is 1. The maximum Gasteiger partial charge on any atom is 0.328 e. The Kier molecular flexibility index (Phi) is 5.97. The van der Waals surface area contributed by atoms with Crippen molar-refractivity contribution < 1.29 is 19.1 Å². The molecule has 1 aromatic heterocycles. The van der Waals surface area contributed by atoms with Crippen LogP contribution in [0.25, 0.3) is 0 Å². The Morgan fingerprint density at radius 2 is 1.90 bits per heavy atom. The molecular weight excluding hydrogens is 419 g/mol. The van der Waals surface area contributed by atoms with Gasteiger partial charge in [-0.15, -0.1) is 0 Å². The minimum absolute atomic E-state index is 0.0877. The van der Waals surface area contributed by atoms with Crippen LogP contribution in [0.1, 0.15) is 26.5 Å². The van der Waals surface area contributed by atoms with Gasteiger partial charge in [0.15, 0.2) is 11.4 Å². The van der Waals surface area contributed by atoms with Crippen molar-refractivity contribution in [1.29, 1.82) is 0 Å². The maximum atomic E-state index is 13.1. The number of hydrogen-bond acceptors (Lipinski definition) is 5. The lowest BCUT2D eigenvalue weighted by Gasteiger charge is -2.17.